The largest absolute Gasteiger partial charge is 0.497 e. The van der Waals surface area contributed by atoms with E-state index in [-0.39, 0.29) is 5.54 Å². The summed E-state index contributed by atoms with van der Waals surface area (Å²) in [5, 5.41) is 0. The third-order valence-corrected chi connectivity index (χ3v) is 3.89. The van der Waals surface area contributed by atoms with Crippen LogP contribution < -0.4 is 10.5 Å². The van der Waals surface area contributed by atoms with Gasteiger partial charge < -0.3 is 10.5 Å². The average Bonchev–Trinajstić information content (AvgIpc) is 2.83. The maximum absolute atomic E-state index is 6.25. The Morgan fingerprint density at radius 1 is 1.17 bits per heavy atom. The maximum Gasteiger partial charge on any atom is 0.119 e. The smallest absolute Gasteiger partial charge is 0.119 e. The van der Waals surface area contributed by atoms with E-state index in [2.05, 4.69) is 23.6 Å². The molecule has 0 unspecified atom stereocenters. The second-order valence-electron chi connectivity index (χ2n) is 6.67. The van der Waals surface area contributed by atoms with Crippen molar-refractivity contribution in [1.29, 1.82) is 0 Å². The lowest BCUT2D eigenvalue weighted by molar-refractivity contribution is 0.414. The molecule has 0 radical (unpaired) electrons. The van der Waals surface area contributed by atoms with Crippen molar-refractivity contribution >= 4 is 11.0 Å². The molecule has 3 aromatic rings. The lowest BCUT2D eigenvalue weighted by Gasteiger charge is -2.20. The summed E-state index contributed by atoms with van der Waals surface area (Å²) in [6.45, 7) is 6.14. The van der Waals surface area contributed by atoms with Crippen LogP contribution in [0.25, 0.3) is 16.7 Å². The highest BCUT2D eigenvalue weighted by atomic mass is 16.5. The van der Waals surface area contributed by atoms with Crippen molar-refractivity contribution in [2.75, 3.05) is 7.11 Å². The summed E-state index contributed by atoms with van der Waals surface area (Å²) in [7, 11) is 1.68. The Morgan fingerprint density at radius 2 is 1.91 bits per heavy atom. The topological polar surface area (TPSA) is 53.1 Å². The molecule has 0 aliphatic carbocycles. The molecule has 0 aliphatic rings. The fraction of sp³-hybridized carbons (Fsp3) is 0.316. The van der Waals surface area contributed by atoms with E-state index in [1.54, 1.807) is 7.11 Å². The van der Waals surface area contributed by atoms with E-state index < -0.39 is 0 Å². The number of imidazole rings is 1. The van der Waals surface area contributed by atoms with E-state index in [4.69, 9.17) is 15.5 Å². The molecule has 0 aliphatic heterocycles. The number of methoxy groups -OCH3 is 1. The molecular formula is C19H23N3O. The van der Waals surface area contributed by atoms with Gasteiger partial charge in [0.1, 0.15) is 11.6 Å². The van der Waals surface area contributed by atoms with Crippen molar-refractivity contribution in [3.05, 3.63) is 53.9 Å². The fourth-order valence-corrected chi connectivity index (χ4v) is 2.88. The summed E-state index contributed by atoms with van der Waals surface area (Å²) < 4.78 is 7.53. The second kappa shape index (κ2) is 5.70. The molecule has 3 rings (SSSR count). The number of ether oxygens (including phenoxy) is 1. The van der Waals surface area contributed by atoms with Crippen molar-refractivity contribution in [3.8, 4) is 11.4 Å². The first-order chi connectivity index (χ1) is 10.9. The van der Waals surface area contributed by atoms with Gasteiger partial charge in [-0.15, -0.1) is 0 Å². The maximum atomic E-state index is 6.25. The Kier molecular flexibility index (Phi) is 3.86. The lowest BCUT2D eigenvalue weighted by Crippen LogP contribution is -2.35. The number of nitrogens with two attached hydrogens (primary N) is 1. The summed E-state index contributed by atoms with van der Waals surface area (Å²) in [6.07, 6.45) is 0.702. The normalized spacial score (nSPS) is 11.9. The van der Waals surface area contributed by atoms with Gasteiger partial charge in [0.05, 0.1) is 23.8 Å². The Balaban J connectivity index is 2.24. The highest BCUT2D eigenvalue weighted by Gasteiger charge is 2.20. The predicted octanol–water partition coefficient (Wildman–Crippen LogP) is 3.62. The van der Waals surface area contributed by atoms with Crippen LogP contribution in [0.5, 0.6) is 5.75 Å². The second-order valence-corrected chi connectivity index (χ2v) is 6.67. The van der Waals surface area contributed by atoms with Gasteiger partial charge in [0.25, 0.3) is 0 Å². The van der Waals surface area contributed by atoms with Gasteiger partial charge in [-0.2, -0.15) is 0 Å². The lowest BCUT2D eigenvalue weighted by atomic mass is 10.0. The number of aryl methyl sites for hydroxylation is 1. The molecule has 4 nitrogen and oxygen atoms in total. The van der Waals surface area contributed by atoms with Crippen LogP contribution in [0.3, 0.4) is 0 Å². The van der Waals surface area contributed by atoms with Crippen molar-refractivity contribution in [2.45, 2.75) is 32.7 Å². The van der Waals surface area contributed by atoms with Crippen LogP contribution >= 0.6 is 0 Å². The number of fused-ring (bicyclic) bond motifs is 1. The van der Waals surface area contributed by atoms with E-state index in [1.807, 2.05) is 44.2 Å². The highest BCUT2D eigenvalue weighted by molar-refractivity contribution is 5.78. The first-order valence-corrected chi connectivity index (χ1v) is 7.79. The SMILES string of the molecule is COc1ccc(-n2c(CC(C)(C)N)nc3ccccc32)c(C)c1. The Hall–Kier alpha value is -2.33. The first-order valence-electron chi connectivity index (χ1n) is 7.79. The van der Waals surface area contributed by atoms with E-state index in [1.165, 1.54) is 0 Å². The van der Waals surface area contributed by atoms with Crippen LogP contribution in [0, 0.1) is 6.92 Å². The number of benzene rings is 2. The third kappa shape index (κ3) is 3.08. The van der Waals surface area contributed by atoms with Gasteiger partial charge >= 0.3 is 0 Å². The minimum atomic E-state index is -0.320. The van der Waals surface area contributed by atoms with E-state index in [0.29, 0.717) is 6.42 Å². The zero-order chi connectivity index (χ0) is 16.6. The number of rotatable bonds is 4. The first kappa shape index (κ1) is 15.6. The van der Waals surface area contributed by atoms with Gasteiger partial charge in [0.2, 0.25) is 0 Å². The molecule has 0 saturated heterocycles. The number of para-hydroxylation sites is 2. The van der Waals surface area contributed by atoms with Crippen LogP contribution in [-0.2, 0) is 6.42 Å². The summed E-state index contributed by atoms with van der Waals surface area (Å²) in [6, 6.07) is 14.3. The van der Waals surface area contributed by atoms with E-state index in [0.717, 1.165) is 33.9 Å². The summed E-state index contributed by atoms with van der Waals surface area (Å²) in [5.74, 6) is 1.84. The van der Waals surface area contributed by atoms with Crippen LogP contribution in [0.1, 0.15) is 25.2 Å². The minimum absolute atomic E-state index is 0.320. The minimum Gasteiger partial charge on any atom is -0.497 e. The van der Waals surface area contributed by atoms with E-state index in [9.17, 15) is 0 Å². The number of hydrogen-bond acceptors (Lipinski definition) is 3. The van der Waals surface area contributed by atoms with Crippen molar-refractivity contribution in [1.82, 2.24) is 9.55 Å². The van der Waals surface area contributed by atoms with Gasteiger partial charge in [-0.05, 0) is 56.7 Å². The molecule has 4 heteroatoms. The summed E-state index contributed by atoms with van der Waals surface area (Å²) in [4.78, 5) is 4.81. The molecule has 1 aromatic heterocycles. The van der Waals surface area contributed by atoms with Crippen molar-refractivity contribution < 1.29 is 4.74 Å². The zero-order valence-electron chi connectivity index (χ0n) is 14.1. The Labute approximate surface area is 136 Å². The Morgan fingerprint density at radius 3 is 2.57 bits per heavy atom. The molecule has 0 atom stereocenters. The van der Waals surface area contributed by atoms with Crippen LogP contribution in [0.4, 0.5) is 0 Å². The summed E-state index contributed by atoms with van der Waals surface area (Å²) >= 11 is 0. The van der Waals surface area contributed by atoms with Crippen molar-refractivity contribution in [3.63, 3.8) is 0 Å². The molecule has 0 saturated carbocycles. The molecule has 1 heterocycles. The highest BCUT2D eigenvalue weighted by Crippen LogP contribution is 2.27. The molecule has 0 spiro atoms. The number of nitrogens with zero attached hydrogens (tertiary/aromatic N) is 2. The number of aromatic nitrogens is 2. The van der Waals surface area contributed by atoms with Gasteiger partial charge in [-0.25, -0.2) is 4.98 Å². The molecule has 0 amide bonds. The average molecular weight is 309 g/mol. The molecule has 0 fully saturated rings. The molecule has 23 heavy (non-hydrogen) atoms. The van der Waals surface area contributed by atoms with Crippen molar-refractivity contribution in [2.24, 2.45) is 5.73 Å². The fourth-order valence-electron chi connectivity index (χ4n) is 2.88. The zero-order valence-corrected chi connectivity index (χ0v) is 14.1. The Bertz CT molecular complexity index is 843. The van der Waals surface area contributed by atoms with Crippen LogP contribution in [0.2, 0.25) is 0 Å². The predicted molar refractivity (Wildman–Crippen MR) is 94.3 cm³/mol. The molecule has 120 valence electrons. The molecular weight excluding hydrogens is 286 g/mol. The van der Waals surface area contributed by atoms with Gasteiger partial charge in [-0.1, -0.05) is 12.1 Å². The number of hydrogen-bond donors (Lipinski definition) is 1. The molecule has 2 N–H and O–H groups in total. The molecule has 2 aromatic carbocycles. The van der Waals surface area contributed by atoms with Gasteiger partial charge in [0.15, 0.2) is 0 Å². The quantitative estimate of drug-likeness (QED) is 0.801. The van der Waals surface area contributed by atoms with Gasteiger partial charge in [0, 0.05) is 12.0 Å². The molecule has 0 bridgehead atoms. The monoisotopic (exact) mass is 309 g/mol. The van der Waals surface area contributed by atoms with Crippen LogP contribution in [-0.4, -0.2) is 22.2 Å². The third-order valence-electron chi connectivity index (χ3n) is 3.89. The van der Waals surface area contributed by atoms with E-state index >= 15 is 0 Å². The summed E-state index contributed by atoms with van der Waals surface area (Å²) in [5.41, 5.74) is 10.3. The standard InChI is InChI=1S/C19H23N3O/c1-13-11-14(23-4)9-10-16(13)22-17-8-6-5-7-15(17)21-18(22)12-19(2,3)20/h5-11H,12,20H2,1-4H3. The van der Waals surface area contributed by atoms with Crippen LogP contribution in [0.15, 0.2) is 42.5 Å². The van der Waals surface area contributed by atoms with Gasteiger partial charge in [-0.3, -0.25) is 4.57 Å².